The first kappa shape index (κ1) is 11.6. The van der Waals surface area contributed by atoms with E-state index in [9.17, 15) is 5.11 Å². The predicted octanol–water partition coefficient (Wildman–Crippen LogP) is 1.10. The molecule has 5 heteroatoms. The summed E-state index contributed by atoms with van der Waals surface area (Å²) in [5.74, 6) is 1.28. The van der Waals surface area contributed by atoms with E-state index in [-0.39, 0.29) is 0 Å². The molecule has 0 aromatic carbocycles. The molecule has 0 amide bonds. The number of hydrogen-bond acceptors (Lipinski definition) is 4. The minimum Gasteiger partial charge on any atom is -0.481 e. The van der Waals surface area contributed by atoms with E-state index in [4.69, 9.17) is 4.74 Å². The van der Waals surface area contributed by atoms with Crippen LogP contribution in [-0.4, -0.2) is 26.8 Å². The van der Waals surface area contributed by atoms with Crippen molar-refractivity contribution in [1.29, 1.82) is 0 Å². The lowest BCUT2D eigenvalue weighted by Crippen LogP contribution is -2.08. The quantitative estimate of drug-likeness (QED) is 0.859. The first-order chi connectivity index (χ1) is 8.22. The van der Waals surface area contributed by atoms with E-state index in [2.05, 4.69) is 9.97 Å². The minimum absolute atomic E-state index is 0.436. The van der Waals surface area contributed by atoms with Crippen LogP contribution in [0.5, 0.6) is 5.88 Å². The van der Waals surface area contributed by atoms with Gasteiger partial charge < -0.3 is 14.4 Å². The van der Waals surface area contributed by atoms with Crippen molar-refractivity contribution in [2.75, 3.05) is 7.11 Å². The fourth-order valence-corrected chi connectivity index (χ4v) is 1.70. The van der Waals surface area contributed by atoms with Gasteiger partial charge in [-0.2, -0.15) is 0 Å². The Bertz CT molecular complexity index is 496. The third kappa shape index (κ3) is 2.45. The van der Waals surface area contributed by atoms with Crippen LogP contribution in [0.15, 0.2) is 30.7 Å². The molecule has 0 aliphatic rings. The topological polar surface area (TPSA) is 60.2 Å². The maximum Gasteiger partial charge on any atom is 0.218 e. The average Bonchev–Trinajstić information content (AvgIpc) is 2.75. The SMILES string of the molecule is COc1ncccc1C(O)Cc1nccn1C. The number of aromatic nitrogens is 3. The van der Waals surface area contributed by atoms with Crippen molar-refractivity contribution in [1.82, 2.24) is 14.5 Å². The number of rotatable bonds is 4. The van der Waals surface area contributed by atoms with Gasteiger partial charge in [-0.25, -0.2) is 9.97 Å². The second kappa shape index (κ2) is 4.97. The fourth-order valence-electron chi connectivity index (χ4n) is 1.70. The number of imidazole rings is 1. The Morgan fingerprint density at radius 1 is 1.41 bits per heavy atom. The lowest BCUT2D eigenvalue weighted by molar-refractivity contribution is 0.169. The highest BCUT2D eigenvalue weighted by Gasteiger charge is 2.16. The van der Waals surface area contributed by atoms with E-state index in [1.165, 1.54) is 0 Å². The van der Waals surface area contributed by atoms with Crippen molar-refractivity contribution in [2.24, 2.45) is 7.05 Å². The van der Waals surface area contributed by atoms with Gasteiger partial charge in [0, 0.05) is 37.6 Å². The molecule has 0 saturated heterocycles. The number of ether oxygens (including phenoxy) is 1. The van der Waals surface area contributed by atoms with E-state index in [1.54, 1.807) is 31.6 Å². The third-order valence-corrected chi connectivity index (χ3v) is 2.65. The maximum atomic E-state index is 10.2. The van der Waals surface area contributed by atoms with Gasteiger partial charge in [0.2, 0.25) is 5.88 Å². The molecule has 17 heavy (non-hydrogen) atoms. The summed E-state index contributed by atoms with van der Waals surface area (Å²) in [5, 5.41) is 10.2. The van der Waals surface area contributed by atoms with Crippen LogP contribution in [0, 0.1) is 0 Å². The monoisotopic (exact) mass is 233 g/mol. The van der Waals surface area contributed by atoms with Crippen LogP contribution in [0.4, 0.5) is 0 Å². The Labute approximate surface area is 99.7 Å². The zero-order valence-electron chi connectivity index (χ0n) is 9.87. The van der Waals surface area contributed by atoms with Crippen LogP contribution in [-0.2, 0) is 13.5 Å². The summed E-state index contributed by atoms with van der Waals surface area (Å²) in [4.78, 5) is 8.24. The standard InChI is InChI=1S/C12H15N3O2/c1-15-7-6-13-11(15)8-10(16)9-4-3-5-14-12(9)17-2/h3-7,10,16H,8H2,1-2H3. The summed E-state index contributed by atoms with van der Waals surface area (Å²) in [5.41, 5.74) is 0.679. The number of nitrogens with zero attached hydrogens (tertiary/aromatic N) is 3. The van der Waals surface area contributed by atoms with Gasteiger partial charge in [-0.05, 0) is 12.1 Å². The van der Waals surface area contributed by atoms with E-state index in [0.29, 0.717) is 17.9 Å². The molecule has 1 atom stereocenters. The molecule has 0 bridgehead atoms. The zero-order valence-corrected chi connectivity index (χ0v) is 9.87. The van der Waals surface area contributed by atoms with Crippen molar-refractivity contribution >= 4 is 0 Å². The van der Waals surface area contributed by atoms with Gasteiger partial charge in [-0.1, -0.05) is 0 Å². The largest absolute Gasteiger partial charge is 0.481 e. The summed E-state index contributed by atoms with van der Waals surface area (Å²) < 4.78 is 7.00. The molecular weight excluding hydrogens is 218 g/mol. The highest BCUT2D eigenvalue weighted by molar-refractivity contribution is 5.28. The van der Waals surface area contributed by atoms with Gasteiger partial charge >= 0.3 is 0 Å². The molecule has 0 aliphatic carbocycles. The van der Waals surface area contributed by atoms with Crippen molar-refractivity contribution in [3.63, 3.8) is 0 Å². The smallest absolute Gasteiger partial charge is 0.218 e. The maximum absolute atomic E-state index is 10.2. The first-order valence-corrected chi connectivity index (χ1v) is 5.35. The van der Waals surface area contributed by atoms with Gasteiger partial charge in [0.05, 0.1) is 13.2 Å². The van der Waals surface area contributed by atoms with Crippen molar-refractivity contribution in [2.45, 2.75) is 12.5 Å². The van der Waals surface area contributed by atoms with Gasteiger partial charge in [-0.15, -0.1) is 0 Å². The second-order valence-electron chi connectivity index (χ2n) is 3.78. The number of methoxy groups -OCH3 is 1. The minimum atomic E-state index is -0.667. The van der Waals surface area contributed by atoms with Crippen molar-refractivity contribution in [3.8, 4) is 5.88 Å². The number of aliphatic hydroxyl groups is 1. The third-order valence-electron chi connectivity index (χ3n) is 2.65. The van der Waals surface area contributed by atoms with Crippen LogP contribution in [0.25, 0.3) is 0 Å². The lowest BCUT2D eigenvalue weighted by Gasteiger charge is -2.13. The normalized spacial score (nSPS) is 12.4. The molecule has 5 nitrogen and oxygen atoms in total. The van der Waals surface area contributed by atoms with Gasteiger partial charge in [0.1, 0.15) is 5.82 Å². The molecule has 2 heterocycles. The van der Waals surface area contributed by atoms with Gasteiger partial charge in [0.15, 0.2) is 0 Å². The van der Waals surface area contributed by atoms with Crippen LogP contribution in [0.3, 0.4) is 0 Å². The molecule has 2 aromatic heterocycles. The second-order valence-corrected chi connectivity index (χ2v) is 3.78. The molecule has 2 rings (SSSR count). The molecule has 2 aromatic rings. The summed E-state index contributed by atoms with van der Waals surface area (Å²) in [6.07, 6.45) is 4.96. The average molecular weight is 233 g/mol. The Morgan fingerprint density at radius 2 is 2.24 bits per heavy atom. The van der Waals surface area contributed by atoms with Crippen LogP contribution in [0.1, 0.15) is 17.5 Å². The molecule has 0 radical (unpaired) electrons. The molecular formula is C12H15N3O2. The number of hydrogen-bond donors (Lipinski definition) is 1. The summed E-state index contributed by atoms with van der Waals surface area (Å²) in [6.45, 7) is 0. The van der Waals surface area contributed by atoms with Crippen LogP contribution < -0.4 is 4.74 Å². The van der Waals surface area contributed by atoms with Crippen molar-refractivity contribution < 1.29 is 9.84 Å². The molecule has 90 valence electrons. The Balaban J connectivity index is 2.20. The Morgan fingerprint density at radius 3 is 2.88 bits per heavy atom. The van der Waals surface area contributed by atoms with Crippen molar-refractivity contribution in [3.05, 3.63) is 42.1 Å². The molecule has 1 unspecified atom stereocenters. The lowest BCUT2D eigenvalue weighted by atomic mass is 10.1. The molecule has 0 saturated carbocycles. The van der Waals surface area contributed by atoms with Crippen LogP contribution >= 0.6 is 0 Å². The molecule has 0 aliphatic heterocycles. The van der Waals surface area contributed by atoms with E-state index in [1.807, 2.05) is 17.8 Å². The number of aliphatic hydroxyl groups excluding tert-OH is 1. The van der Waals surface area contributed by atoms with Crippen LogP contribution in [0.2, 0.25) is 0 Å². The van der Waals surface area contributed by atoms with E-state index in [0.717, 1.165) is 5.82 Å². The Hall–Kier alpha value is -1.88. The van der Waals surface area contributed by atoms with Gasteiger partial charge in [0.25, 0.3) is 0 Å². The fraction of sp³-hybridized carbons (Fsp3) is 0.333. The summed E-state index contributed by atoms with van der Waals surface area (Å²) >= 11 is 0. The summed E-state index contributed by atoms with van der Waals surface area (Å²) in [7, 11) is 3.44. The highest BCUT2D eigenvalue weighted by Crippen LogP contribution is 2.24. The predicted molar refractivity (Wildman–Crippen MR) is 62.7 cm³/mol. The van der Waals surface area contributed by atoms with Gasteiger partial charge in [-0.3, -0.25) is 0 Å². The zero-order chi connectivity index (χ0) is 12.3. The molecule has 0 spiro atoms. The first-order valence-electron chi connectivity index (χ1n) is 5.35. The number of pyridine rings is 1. The number of aryl methyl sites for hydroxylation is 1. The Kier molecular flexibility index (Phi) is 3.39. The molecule has 0 fully saturated rings. The molecule has 1 N–H and O–H groups in total. The van der Waals surface area contributed by atoms with E-state index < -0.39 is 6.10 Å². The highest BCUT2D eigenvalue weighted by atomic mass is 16.5. The van der Waals surface area contributed by atoms with E-state index >= 15 is 0 Å². The summed E-state index contributed by atoms with van der Waals surface area (Å²) in [6, 6.07) is 3.58.